The summed E-state index contributed by atoms with van der Waals surface area (Å²) in [5, 5.41) is 18.2. The van der Waals surface area contributed by atoms with E-state index in [1.165, 1.54) is 16.0 Å². The molecular weight excluding hydrogens is 460 g/mol. The highest BCUT2D eigenvalue weighted by molar-refractivity contribution is 6.34. The van der Waals surface area contributed by atoms with Crippen LogP contribution in [0.15, 0.2) is 54.6 Å². The maximum absolute atomic E-state index is 13.2. The smallest absolute Gasteiger partial charge is 0.253 e. The van der Waals surface area contributed by atoms with Gasteiger partial charge in [0.25, 0.3) is 5.91 Å². The highest BCUT2D eigenvalue weighted by atomic mass is 35.5. The van der Waals surface area contributed by atoms with E-state index in [9.17, 15) is 4.79 Å². The van der Waals surface area contributed by atoms with Crippen LogP contribution in [0.3, 0.4) is 0 Å². The van der Waals surface area contributed by atoms with Crippen molar-refractivity contribution in [2.45, 2.75) is 26.7 Å². The van der Waals surface area contributed by atoms with Crippen molar-refractivity contribution in [3.8, 4) is 0 Å². The van der Waals surface area contributed by atoms with Crippen LogP contribution in [0.5, 0.6) is 0 Å². The quantitative estimate of drug-likeness (QED) is 0.189. The van der Waals surface area contributed by atoms with Crippen LogP contribution >= 0.6 is 11.6 Å². The third kappa shape index (κ3) is 4.95. The number of amides is 1. The highest BCUT2D eigenvalue weighted by Crippen LogP contribution is 2.28. The maximum atomic E-state index is 13.2. The lowest BCUT2D eigenvalue weighted by Crippen LogP contribution is -2.30. The van der Waals surface area contributed by atoms with Gasteiger partial charge >= 0.3 is 0 Å². The molecule has 7 nitrogen and oxygen atoms in total. The number of fused-ring (bicyclic) bond motifs is 1. The Morgan fingerprint density at radius 1 is 1.06 bits per heavy atom. The second kappa shape index (κ2) is 10.1. The van der Waals surface area contributed by atoms with E-state index in [1.807, 2.05) is 30.3 Å². The number of rotatable bonds is 8. The molecule has 0 fully saturated rings. The lowest BCUT2D eigenvalue weighted by atomic mass is 9.98. The number of carbonyl (C=O) groups is 1. The van der Waals surface area contributed by atoms with E-state index < -0.39 is 0 Å². The van der Waals surface area contributed by atoms with E-state index in [4.69, 9.17) is 27.4 Å². The SMILES string of the molecule is Cc1cc2nc(C(CNC(=O)c3c(C)cc(N(C=N)C=N)cc3Cl)c3ccccc3)[nH]c2cc1C. The molecule has 178 valence electrons. The Kier molecular flexibility index (Phi) is 6.98. The number of H-pyrrole nitrogens is 1. The molecular formula is C27H27ClN6O. The maximum Gasteiger partial charge on any atom is 0.253 e. The number of aromatic nitrogens is 2. The fourth-order valence-corrected chi connectivity index (χ4v) is 4.49. The van der Waals surface area contributed by atoms with E-state index in [0.717, 1.165) is 35.1 Å². The predicted molar refractivity (Wildman–Crippen MR) is 142 cm³/mol. The molecule has 4 N–H and O–H groups in total. The average molecular weight is 487 g/mol. The van der Waals surface area contributed by atoms with Gasteiger partial charge < -0.3 is 10.3 Å². The summed E-state index contributed by atoms with van der Waals surface area (Å²) < 4.78 is 0. The van der Waals surface area contributed by atoms with Gasteiger partial charge in [-0.3, -0.25) is 20.5 Å². The summed E-state index contributed by atoms with van der Waals surface area (Å²) in [4.78, 5) is 22.8. The number of anilines is 1. The minimum atomic E-state index is -0.293. The number of nitrogens with one attached hydrogen (secondary N) is 4. The molecule has 1 atom stereocenters. The number of hydrogen-bond acceptors (Lipinski definition) is 4. The molecule has 0 aliphatic carbocycles. The van der Waals surface area contributed by atoms with Crippen molar-refractivity contribution < 1.29 is 4.79 Å². The lowest BCUT2D eigenvalue weighted by molar-refractivity contribution is 0.0952. The largest absolute Gasteiger partial charge is 0.351 e. The highest BCUT2D eigenvalue weighted by Gasteiger charge is 2.22. The molecule has 0 bridgehead atoms. The second-order valence-electron chi connectivity index (χ2n) is 8.53. The molecule has 4 aromatic rings. The fraction of sp³-hybridized carbons (Fsp3) is 0.185. The van der Waals surface area contributed by atoms with Crippen LogP contribution < -0.4 is 10.2 Å². The zero-order chi connectivity index (χ0) is 25.1. The molecule has 0 aliphatic rings. The Hall–Kier alpha value is -3.97. The van der Waals surface area contributed by atoms with Crippen molar-refractivity contribution in [3.05, 3.63) is 93.3 Å². The number of imidazole rings is 1. The van der Waals surface area contributed by atoms with Gasteiger partial charge in [0, 0.05) is 12.2 Å². The van der Waals surface area contributed by atoms with Crippen molar-refractivity contribution in [3.63, 3.8) is 0 Å². The Balaban J connectivity index is 1.64. The van der Waals surface area contributed by atoms with Gasteiger partial charge in [0.2, 0.25) is 0 Å². The van der Waals surface area contributed by atoms with Crippen molar-refractivity contribution >= 4 is 46.9 Å². The molecule has 3 aromatic carbocycles. The summed E-state index contributed by atoms with van der Waals surface area (Å²) in [7, 11) is 0. The Bertz CT molecular complexity index is 1340. The van der Waals surface area contributed by atoms with Crippen LogP contribution in [0, 0.1) is 31.6 Å². The zero-order valence-corrected chi connectivity index (χ0v) is 20.6. The number of carbonyl (C=O) groups excluding carboxylic acids is 1. The zero-order valence-electron chi connectivity index (χ0n) is 19.8. The van der Waals surface area contributed by atoms with Crippen LogP contribution in [0.1, 0.15) is 44.4 Å². The average Bonchev–Trinajstić information content (AvgIpc) is 3.22. The first-order valence-electron chi connectivity index (χ1n) is 11.2. The molecule has 4 rings (SSSR count). The van der Waals surface area contributed by atoms with E-state index in [2.05, 4.69) is 36.3 Å². The topological polar surface area (TPSA) is 109 Å². The first-order chi connectivity index (χ1) is 16.8. The fourth-order valence-electron chi connectivity index (χ4n) is 4.14. The molecule has 0 saturated heterocycles. The van der Waals surface area contributed by atoms with Crippen molar-refractivity contribution in [2.75, 3.05) is 11.4 Å². The molecule has 1 heterocycles. The normalized spacial score (nSPS) is 11.8. The number of nitrogens with zero attached hydrogens (tertiary/aromatic N) is 2. The van der Waals surface area contributed by atoms with E-state index in [0.29, 0.717) is 23.4 Å². The van der Waals surface area contributed by atoms with Crippen molar-refractivity contribution in [1.82, 2.24) is 15.3 Å². The second-order valence-corrected chi connectivity index (χ2v) is 8.94. The van der Waals surface area contributed by atoms with Gasteiger partial charge in [0.1, 0.15) is 5.82 Å². The summed E-state index contributed by atoms with van der Waals surface area (Å²) in [5.41, 5.74) is 6.83. The Morgan fingerprint density at radius 2 is 1.74 bits per heavy atom. The first kappa shape index (κ1) is 24.2. The summed E-state index contributed by atoms with van der Waals surface area (Å²) in [6, 6.07) is 17.4. The number of hydrogen-bond donors (Lipinski definition) is 4. The van der Waals surface area contributed by atoms with Crippen molar-refractivity contribution in [2.24, 2.45) is 0 Å². The first-order valence-corrected chi connectivity index (χ1v) is 11.6. The molecule has 8 heteroatoms. The Labute approximate surface area is 209 Å². The number of halogens is 1. The van der Waals surface area contributed by atoms with Crippen molar-refractivity contribution in [1.29, 1.82) is 10.8 Å². The minimum Gasteiger partial charge on any atom is -0.351 e. The van der Waals surface area contributed by atoms with E-state index >= 15 is 0 Å². The van der Waals surface area contributed by atoms with Gasteiger partial charge in [-0.2, -0.15) is 0 Å². The monoisotopic (exact) mass is 486 g/mol. The molecule has 0 spiro atoms. The van der Waals surface area contributed by atoms with Gasteiger partial charge in [-0.15, -0.1) is 0 Å². The summed E-state index contributed by atoms with van der Waals surface area (Å²) >= 11 is 6.46. The predicted octanol–water partition coefficient (Wildman–Crippen LogP) is 5.72. The molecule has 0 radical (unpaired) electrons. The lowest BCUT2D eigenvalue weighted by Gasteiger charge is -2.19. The number of aromatic amines is 1. The molecule has 0 saturated carbocycles. The molecule has 1 aromatic heterocycles. The van der Waals surface area contributed by atoms with Gasteiger partial charge in [-0.1, -0.05) is 41.9 Å². The summed E-state index contributed by atoms with van der Waals surface area (Å²) in [6.07, 6.45) is 2.03. The van der Waals surface area contributed by atoms with Gasteiger partial charge in [0.05, 0.1) is 40.2 Å². The summed E-state index contributed by atoms with van der Waals surface area (Å²) in [6.45, 7) is 6.25. The van der Waals surface area contributed by atoms with Crippen LogP contribution in [-0.2, 0) is 0 Å². The van der Waals surface area contributed by atoms with E-state index in [1.54, 1.807) is 19.1 Å². The standard InChI is InChI=1S/C27H27ClN6O/c1-16-10-23-24(11-17(16)2)33-26(32-23)21(19-7-5-4-6-8-19)13-31-27(35)25-18(3)9-20(12-22(25)28)34(14-29)15-30/h4-12,14-15,21,29-30H,13H2,1-3H3,(H,31,35)(H,32,33). The number of benzene rings is 3. The van der Waals surface area contributed by atoms with E-state index in [-0.39, 0.29) is 16.8 Å². The van der Waals surface area contributed by atoms with Gasteiger partial charge in [-0.25, -0.2) is 4.98 Å². The van der Waals surface area contributed by atoms with Crippen LogP contribution in [-0.4, -0.2) is 35.1 Å². The van der Waals surface area contributed by atoms with Crippen LogP contribution in [0.2, 0.25) is 5.02 Å². The number of aryl methyl sites for hydroxylation is 3. The molecule has 0 aliphatic heterocycles. The molecule has 35 heavy (non-hydrogen) atoms. The van der Waals surface area contributed by atoms with Gasteiger partial charge in [-0.05, 0) is 67.3 Å². The van der Waals surface area contributed by atoms with Crippen LogP contribution in [0.25, 0.3) is 11.0 Å². The molecule has 1 amide bonds. The molecule has 1 unspecified atom stereocenters. The minimum absolute atomic E-state index is 0.183. The van der Waals surface area contributed by atoms with Crippen LogP contribution in [0.4, 0.5) is 5.69 Å². The Morgan fingerprint density at radius 3 is 2.40 bits per heavy atom. The third-order valence-electron chi connectivity index (χ3n) is 6.19. The third-order valence-corrected chi connectivity index (χ3v) is 6.49. The summed E-state index contributed by atoms with van der Waals surface area (Å²) in [5.74, 6) is 0.305. The van der Waals surface area contributed by atoms with Gasteiger partial charge in [0.15, 0.2) is 0 Å².